The van der Waals surface area contributed by atoms with Gasteiger partial charge in [-0.2, -0.15) is 0 Å². The van der Waals surface area contributed by atoms with E-state index in [9.17, 15) is 0 Å². The predicted octanol–water partition coefficient (Wildman–Crippen LogP) is 1.55. The van der Waals surface area contributed by atoms with Gasteiger partial charge >= 0.3 is 0 Å². The molecule has 2 N–H and O–H groups in total. The third kappa shape index (κ3) is 1.84. The van der Waals surface area contributed by atoms with Gasteiger partial charge in [-0.15, -0.1) is 0 Å². The summed E-state index contributed by atoms with van der Waals surface area (Å²) in [5, 5.41) is 9.16. The van der Waals surface area contributed by atoms with Gasteiger partial charge in [0.2, 0.25) is 0 Å². The average molecular weight is 153 g/mol. The molecule has 2 nitrogen and oxygen atoms in total. The first kappa shape index (κ1) is 8.34. The van der Waals surface area contributed by atoms with E-state index in [4.69, 9.17) is 5.11 Å². The van der Waals surface area contributed by atoms with E-state index in [0.29, 0.717) is 0 Å². The minimum Gasteiger partial charge on any atom is -0.393 e. The third-order valence-corrected chi connectivity index (χ3v) is 1.93. The van der Waals surface area contributed by atoms with E-state index in [1.807, 2.05) is 20.0 Å². The Hall–Kier alpha value is -0.760. The summed E-state index contributed by atoms with van der Waals surface area (Å²) in [6, 6.07) is 0. The molecular formula is C9H15NO. The van der Waals surface area contributed by atoms with E-state index in [-0.39, 0.29) is 6.10 Å². The van der Waals surface area contributed by atoms with Crippen LogP contribution >= 0.6 is 0 Å². The van der Waals surface area contributed by atoms with Crippen LogP contribution in [0, 0.1) is 13.8 Å². The Morgan fingerprint density at radius 1 is 1.55 bits per heavy atom. The van der Waals surface area contributed by atoms with Crippen molar-refractivity contribution >= 4 is 0 Å². The average Bonchev–Trinajstić information content (AvgIpc) is 2.18. The quantitative estimate of drug-likeness (QED) is 0.664. The number of nitrogens with one attached hydrogen (secondary N) is 1. The maximum Gasteiger partial charge on any atom is 0.0553 e. The molecule has 0 saturated carbocycles. The number of H-pyrrole nitrogens is 1. The van der Waals surface area contributed by atoms with Crippen LogP contribution in [0.4, 0.5) is 0 Å². The minimum absolute atomic E-state index is 0.247. The van der Waals surface area contributed by atoms with Crippen LogP contribution in [0.25, 0.3) is 0 Å². The topological polar surface area (TPSA) is 36.0 Å². The highest BCUT2D eigenvalue weighted by atomic mass is 16.3. The van der Waals surface area contributed by atoms with Crippen molar-refractivity contribution in [1.29, 1.82) is 0 Å². The van der Waals surface area contributed by atoms with Crippen LogP contribution in [0.3, 0.4) is 0 Å². The smallest absolute Gasteiger partial charge is 0.0553 e. The highest BCUT2D eigenvalue weighted by Crippen LogP contribution is 2.13. The summed E-state index contributed by atoms with van der Waals surface area (Å²) in [6.07, 6.45) is 2.48. The Kier molecular flexibility index (Phi) is 2.35. The molecule has 62 valence electrons. The number of hydrogen-bond donors (Lipinski definition) is 2. The fraction of sp³-hybridized carbons (Fsp3) is 0.556. The monoisotopic (exact) mass is 153 g/mol. The molecule has 11 heavy (non-hydrogen) atoms. The van der Waals surface area contributed by atoms with Gasteiger partial charge in [0, 0.05) is 18.3 Å². The molecule has 0 aliphatic rings. The number of rotatable bonds is 2. The van der Waals surface area contributed by atoms with Crippen molar-refractivity contribution in [1.82, 2.24) is 4.98 Å². The maximum absolute atomic E-state index is 9.16. The number of aryl methyl sites for hydroxylation is 2. The van der Waals surface area contributed by atoms with Crippen molar-refractivity contribution in [3.05, 3.63) is 23.0 Å². The zero-order valence-corrected chi connectivity index (χ0v) is 7.31. The number of aliphatic hydroxyl groups is 1. The summed E-state index contributed by atoms with van der Waals surface area (Å²) in [5.41, 5.74) is 3.66. The molecule has 0 fully saturated rings. The van der Waals surface area contributed by atoms with Gasteiger partial charge in [-0.3, -0.25) is 0 Å². The second-order valence-corrected chi connectivity index (χ2v) is 3.13. The van der Waals surface area contributed by atoms with Crippen molar-refractivity contribution in [2.75, 3.05) is 0 Å². The van der Waals surface area contributed by atoms with Crippen LogP contribution in [0.5, 0.6) is 0 Å². The van der Waals surface area contributed by atoms with Crippen molar-refractivity contribution < 1.29 is 5.11 Å². The van der Waals surface area contributed by atoms with E-state index >= 15 is 0 Å². The van der Waals surface area contributed by atoms with Gasteiger partial charge in [-0.1, -0.05) is 0 Å². The van der Waals surface area contributed by atoms with Crippen molar-refractivity contribution in [3.63, 3.8) is 0 Å². The first-order chi connectivity index (χ1) is 5.11. The second-order valence-electron chi connectivity index (χ2n) is 3.13. The third-order valence-electron chi connectivity index (χ3n) is 1.93. The van der Waals surface area contributed by atoms with Crippen LogP contribution in [-0.4, -0.2) is 16.2 Å². The lowest BCUT2D eigenvalue weighted by Crippen LogP contribution is -2.05. The van der Waals surface area contributed by atoms with Crippen molar-refractivity contribution in [2.45, 2.75) is 33.3 Å². The summed E-state index contributed by atoms with van der Waals surface area (Å²) < 4.78 is 0. The molecule has 0 unspecified atom stereocenters. The normalized spacial score (nSPS) is 13.5. The number of aromatic amines is 1. The van der Waals surface area contributed by atoms with Crippen LogP contribution in [0.15, 0.2) is 6.20 Å². The summed E-state index contributed by atoms with van der Waals surface area (Å²) in [7, 11) is 0. The molecule has 1 atom stereocenters. The van der Waals surface area contributed by atoms with Gasteiger partial charge in [-0.25, -0.2) is 0 Å². The lowest BCUT2D eigenvalue weighted by Gasteiger charge is -2.04. The van der Waals surface area contributed by atoms with Crippen LogP contribution in [0.1, 0.15) is 23.7 Å². The Labute approximate surface area is 67.3 Å². The molecule has 1 aromatic heterocycles. The highest BCUT2D eigenvalue weighted by molar-refractivity contribution is 5.29. The van der Waals surface area contributed by atoms with Crippen molar-refractivity contribution in [2.24, 2.45) is 0 Å². The van der Waals surface area contributed by atoms with E-state index in [0.717, 1.165) is 6.42 Å². The molecule has 0 bridgehead atoms. The van der Waals surface area contributed by atoms with Crippen LogP contribution in [0.2, 0.25) is 0 Å². The summed E-state index contributed by atoms with van der Waals surface area (Å²) >= 11 is 0. The second kappa shape index (κ2) is 3.09. The standard InChI is InChI=1S/C9H15NO/c1-6-5-10-8(3)9(6)4-7(2)11/h5,7,10-11H,4H2,1-3H3/t7-/m0/s1. The molecule has 1 rings (SSSR count). The number of aliphatic hydroxyl groups excluding tert-OH is 1. The molecule has 0 radical (unpaired) electrons. The van der Waals surface area contributed by atoms with Gasteiger partial charge < -0.3 is 10.1 Å². The first-order valence-electron chi connectivity index (χ1n) is 3.92. The number of hydrogen-bond acceptors (Lipinski definition) is 1. The van der Waals surface area contributed by atoms with E-state index < -0.39 is 0 Å². The molecule has 0 amide bonds. The zero-order valence-electron chi connectivity index (χ0n) is 7.31. The SMILES string of the molecule is Cc1c[nH]c(C)c1C[C@H](C)O. The predicted molar refractivity (Wildman–Crippen MR) is 45.7 cm³/mol. The Morgan fingerprint density at radius 2 is 2.18 bits per heavy atom. The first-order valence-corrected chi connectivity index (χ1v) is 3.92. The molecule has 0 aromatic carbocycles. The molecule has 0 aliphatic carbocycles. The van der Waals surface area contributed by atoms with Gasteiger partial charge in [0.15, 0.2) is 0 Å². The van der Waals surface area contributed by atoms with Crippen LogP contribution < -0.4 is 0 Å². The molecular weight excluding hydrogens is 138 g/mol. The fourth-order valence-electron chi connectivity index (χ4n) is 1.30. The summed E-state index contributed by atoms with van der Waals surface area (Å²) in [4.78, 5) is 3.13. The van der Waals surface area contributed by atoms with Crippen molar-refractivity contribution in [3.8, 4) is 0 Å². The van der Waals surface area contributed by atoms with E-state index in [1.165, 1.54) is 16.8 Å². The lowest BCUT2D eigenvalue weighted by molar-refractivity contribution is 0.195. The van der Waals surface area contributed by atoms with Gasteiger partial charge in [-0.05, 0) is 31.9 Å². The highest BCUT2D eigenvalue weighted by Gasteiger charge is 2.06. The maximum atomic E-state index is 9.16. The van der Waals surface area contributed by atoms with E-state index in [2.05, 4.69) is 11.9 Å². The minimum atomic E-state index is -0.247. The summed E-state index contributed by atoms with van der Waals surface area (Å²) in [5.74, 6) is 0. The number of aromatic nitrogens is 1. The molecule has 0 aliphatic heterocycles. The van der Waals surface area contributed by atoms with Gasteiger partial charge in [0.25, 0.3) is 0 Å². The zero-order chi connectivity index (χ0) is 8.43. The molecule has 0 saturated heterocycles. The lowest BCUT2D eigenvalue weighted by atomic mass is 10.1. The Bertz CT molecular complexity index is 218. The summed E-state index contributed by atoms with van der Waals surface area (Å²) in [6.45, 7) is 5.90. The van der Waals surface area contributed by atoms with Gasteiger partial charge in [0.1, 0.15) is 0 Å². The Morgan fingerprint density at radius 3 is 2.55 bits per heavy atom. The fourth-order valence-corrected chi connectivity index (χ4v) is 1.30. The largest absolute Gasteiger partial charge is 0.393 e. The Balaban J connectivity index is 2.83. The molecule has 0 spiro atoms. The van der Waals surface area contributed by atoms with Crippen LogP contribution in [-0.2, 0) is 6.42 Å². The molecule has 2 heteroatoms. The van der Waals surface area contributed by atoms with E-state index in [1.54, 1.807) is 0 Å². The molecule has 1 heterocycles. The molecule has 1 aromatic rings. The van der Waals surface area contributed by atoms with Gasteiger partial charge in [0.05, 0.1) is 6.10 Å².